The van der Waals surface area contributed by atoms with Crippen LogP contribution in [0.4, 0.5) is 4.39 Å². The third-order valence-corrected chi connectivity index (χ3v) is 2.93. The Labute approximate surface area is 148 Å². The molecule has 0 aliphatic carbocycles. The van der Waals surface area contributed by atoms with E-state index in [-0.39, 0.29) is 5.57 Å². The van der Waals surface area contributed by atoms with Crippen molar-refractivity contribution < 1.29 is 4.39 Å². The molecule has 1 heteroatoms. The van der Waals surface area contributed by atoms with Gasteiger partial charge in [-0.2, -0.15) is 0 Å². The molecular formula is C23H31F. The highest BCUT2D eigenvalue weighted by atomic mass is 19.1. The average molecular weight is 326 g/mol. The maximum absolute atomic E-state index is 14.2. The van der Waals surface area contributed by atoms with E-state index in [9.17, 15) is 4.39 Å². The summed E-state index contributed by atoms with van der Waals surface area (Å²) >= 11 is 0. The maximum Gasteiger partial charge on any atom is 0.131 e. The Balaban J connectivity index is 0. The van der Waals surface area contributed by atoms with Crippen LogP contribution in [0.5, 0.6) is 0 Å². The van der Waals surface area contributed by atoms with Crippen molar-refractivity contribution in [2.24, 2.45) is 0 Å². The van der Waals surface area contributed by atoms with E-state index in [2.05, 4.69) is 39.5 Å². The van der Waals surface area contributed by atoms with Crippen LogP contribution in [0.1, 0.15) is 34.1 Å². The van der Waals surface area contributed by atoms with Crippen LogP contribution < -0.4 is 0 Å². The minimum Gasteiger partial charge on any atom is -0.206 e. The molecule has 24 heavy (non-hydrogen) atoms. The summed E-state index contributed by atoms with van der Waals surface area (Å²) in [4.78, 5) is 0. The molecule has 0 atom stereocenters. The lowest BCUT2D eigenvalue weighted by Gasteiger charge is -2.05. The van der Waals surface area contributed by atoms with Gasteiger partial charge in [-0.1, -0.05) is 95.7 Å². The van der Waals surface area contributed by atoms with Gasteiger partial charge in [-0.15, -0.1) is 0 Å². The van der Waals surface area contributed by atoms with Gasteiger partial charge in [0.1, 0.15) is 5.83 Å². The lowest BCUT2D eigenvalue weighted by molar-refractivity contribution is 0.655. The zero-order valence-corrected chi connectivity index (χ0v) is 15.7. The second-order valence-electron chi connectivity index (χ2n) is 5.07. The van der Waals surface area contributed by atoms with Gasteiger partial charge < -0.3 is 0 Å². The van der Waals surface area contributed by atoms with Gasteiger partial charge in [0.2, 0.25) is 0 Å². The second-order valence-corrected chi connectivity index (χ2v) is 5.07. The Bertz CT molecular complexity index is 604. The highest BCUT2D eigenvalue weighted by Crippen LogP contribution is 2.22. The molecule has 0 aliphatic heterocycles. The molecule has 0 nitrogen and oxygen atoms in total. The standard InChI is InChI=1S/C21H25F.C2H6/c1-9-16(4)11-13-18(6)20(8)21(22)14-19(7)17(5)12-10-15(2)3;1-2/h10-14H,2,4-9H2,1,3H3;1-2H3/b12-10-,13-11-,21-14+;. The smallest absolute Gasteiger partial charge is 0.131 e. The van der Waals surface area contributed by atoms with E-state index in [1.165, 1.54) is 6.08 Å². The van der Waals surface area contributed by atoms with Gasteiger partial charge in [0.05, 0.1) is 0 Å². The molecule has 0 bridgehead atoms. The fourth-order valence-corrected chi connectivity index (χ4v) is 1.27. The summed E-state index contributed by atoms with van der Waals surface area (Å²) < 4.78 is 14.2. The second kappa shape index (κ2) is 13.1. The molecule has 0 unspecified atom stereocenters. The molecule has 130 valence electrons. The van der Waals surface area contributed by atoms with Crippen LogP contribution in [0.15, 0.2) is 109 Å². The molecule has 0 saturated carbocycles. The summed E-state index contributed by atoms with van der Waals surface area (Å²) in [5.41, 5.74) is 3.65. The van der Waals surface area contributed by atoms with Gasteiger partial charge in [-0.25, -0.2) is 4.39 Å². The summed E-state index contributed by atoms with van der Waals surface area (Å²) in [6.45, 7) is 30.6. The lowest BCUT2D eigenvalue weighted by Crippen LogP contribution is -1.88. The Kier molecular flexibility index (Phi) is 13.0. The van der Waals surface area contributed by atoms with Gasteiger partial charge in [-0.3, -0.25) is 0 Å². The number of halogens is 1. The summed E-state index contributed by atoms with van der Waals surface area (Å²) in [5.74, 6) is -0.480. The van der Waals surface area contributed by atoms with Crippen LogP contribution in [0.2, 0.25) is 0 Å². The zero-order valence-electron chi connectivity index (χ0n) is 15.7. The predicted molar refractivity (Wildman–Crippen MR) is 110 cm³/mol. The lowest BCUT2D eigenvalue weighted by atomic mass is 10.0. The van der Waals surface area contributed by atoms with Crippen molar-refractivity contribution >= 4 is 0 Å². The normalized spacial score (nSPS) is 11.0. The summed E-state index contributed by atoms with van der Waals surface area (Å²) in [6, 6.07) is 0. The Morgan fingerprint density at radius 3 is 1.75 bits per heavy atom. The number of rotatable bonds is 9. The molecule has 0 spiro atoms. The number of hydrogen-bond acceptors (Lipinski definition) is 0. The molecule has 0 N–H and O–H groups in total. The van der Waals surface area contributed by atoms with E-state index < -0.39 is 5.83 Å². The van der Waals surface area contributed by atoms with Crippen molar-refractivity contribution in [2.75, 3.05) is 0 Å². The minimum atomic E-state index is -0.480. The van der Waals surface area contributed by atoms with Crippen molar-refractivity contribution in [3.63, 3.8) is 0 Å². The van der Waals surface area contributed by atoms with E-state index in [1.807, 2.05) is 33.8 Å². The first-order valence-corrected chi connectivity index (χ1v) is 8.02. The number of allylic oxidation sites excluding steroid dienone is 12. The SMILES string of the molecule is C=C(C)/C=C\C(=C)C(=C)/C=C(/F)C(=C)C(=C)/C=C\C(=C)CC.CC. The first-order valence-electron chi connectivity index (χ1n) is 8.02. The predicted octanol–water partition coefficient (Wildman–Crippen LogP) is 7.75. The summed E-state index contributed by atoms with van der Waals surface area (Å²) in [6.07, 6.45) is 9.20. The molecule has 0 saturated heterocycles. The van der Waals surface area contributed by atoms with E-state index in [0.29, 0.717) is 16.7 Å². The first-order chi connectivity index (χ1) is 11.2. The third-order valence-electron chi connectivity index (χ3n) is 2.93. The van der Waals surface area contributed by atoms with Gasteiger partial charge >= 0.3 is 0 Å². The third kappa shape index (κ3) is 10.3. The molecule has 0 rings (SSSR count). The van der Waals surface area contributed by atoms with E-state index in [4.69, 9.17) is 0 Å². The Morgan fingerprint density at radius 1 is 0.792 bits per heavy atom. The first kappa shape index (κ1) is 23.9. The van der Waals surface area contributed by atoms with E-state index >= 15 is 0 Å². The average Bonchev–Trinajstić information content (AvgIpc) is 2.57. The summed E-state index contributed by atoms with van der Waals surface area (Å²) in [7, 11) is 0. The highest BCUT2D eigenvalue weighted by molar-refractivity contribution is 5.52. The molecule has 0 aromatic rings. The minimum absolute atomic E-state index is 0.220. The van der Waals surface area contributed by atoms with E-state index in [1.54, 1.807) is 18.2 Å². The molecule has 0 fully saturated rings. The monoisotopic (exact) mass is 326 g/mol. The quantitative estimate of drug-likeness (QED) is 0.380. The molecule has 0 heterocycles. The van der Waals surface area contributed by atoms with Crippen LogP contribution in [0.3, 0.4) is 0 Å². The molecular weight excluding hydrogens is 295 g/mol. The maximum atomic E-state index is 14.2. The van der Waals surface area contributed by atoms with Crippen molar-refractivity contribution in [2.45, 2.75) is 34.1 Å². The van der Waals surface area contributed by atoms with Crippen molar-refractivity contribution in [1.82, 2.24) is 0 Å². The van der Waals surface area contributed by atoms with E-state index in [0.717, 1.165) is 17.6 Å². The van der Waals surface area contributed by atoms with Crippen molar-refractivity contribution in [3.05, 3.63) is 109 Å². The topological polar surface area (TPSA) is 0 Å². The van der Waals surface area contributed by atoms with Crippen LogP contribution in [-0.2, 0) is 0 Å². The van der Waals surface area contributed by atoms with Crippen LogP contribution in [0, 0.1) is 0 Å². The van der Waals surface area contributed by atoms with Crippen LogP contribution in [-0.4, -0.2) is 0 Å². The highest BCUT2D eigenvalue weighted by Gasteiger charge is 2.05. The molecule has 0 amide bonds. The largest absolute Gasteiger partial charge is 0.206 e. The molecule has 0 radical (unpaired) electrons. The fraction of sp³-hybridized carbons (Fsp3) is 0.217. The van der Waals surface area contributed by atoms with Crippen LogP contribution >= 0.6 is 0 Å². The van der Waals surface area contributed by atoms with Gasteiger partial charge in [0.25, 0.3) is 0 Å². The van der Waals surface area contributed by atoms with Gasteiger partial charge in [0, 0.05) is 5.57 Å². The zero-order chi connectivity index (χ0) is 19.3. The van der Waals surface area contributed by atoms with Crippen LogP contribution in [0.25, 0.3) is 0 Å². The molecule has 0 aliphatic rings. The fourth-order valence-electron chi connectivity index (χ4n) is 1.27. The Morgan fingerprint density at radius 2 is 1.29 bits per heavy atom. The van der Waals surface area contributed by atoms with Gasteiger partial charge in [0.15, 0.2) is 0 Å². The summed E-state index contributed by atoms with van der Waals surface area (Å²) in [5, 5.41) is 0. The van der Waals surface area contributed by atoms with Crippen molar-refractivity contribution in [1.29, 1.82) is 0 Å². The Hall–Kier alpha value is -2.41. The molecule has 0 aromatic heterocycles. The molecule has 0 aromatic carbocycles. The van der Waals surface area contributed by atoms with Gasteiger partial charge in [-0.05, 0) is 36.1 Å². The number of hydrogen-bond donors (Lipinski definition) is 0. The van der Waals surface area contributed by atoms with Crippen molar-refractivity contribution in [3.8, 4) is 0 Å².